The number of aromatic amines is 1. The number of carboxylic acid groups (broad SMARTS) is 1. The van der Waals surface area contributed by atoms with Crippen LogP contribution in [0.4, 0.5) is 0 Å². The van der Waals surface area contributed by atoms with Crippen molar-refractivity contribution >= 4 is 46.0 Å². The number of amides is 1. The van der Waals surface area contributed by atoms with E-state index in [0.29, 0.717) is 34.1 Å². The Kier molecular flexibility index (Phi) is 5.69. The van der Waals surface area contributed by atoms with Crippen LogP contribution in [0.5, 0.6) is 0 Å². The van der Waals surface area contributed by atoms with Gasteiger partial charge in [-0.3, -0.25) is 9.59 Å². The van der Waals surface area contributed by atoms with E-state index in [1.54, 1.807) is 18.2 Å². The van der Waals surface area contributed by atoms with Crippen LogP contribution >= 0.6 is 23.2 Å². The minimum absolute atomic E-state index is 0.155. The molecule has 22 heavy (non-hydrogen) atoms. The molecule has 1 aromatic carbocycles. The van der Waals surface area contributed by atoms with Gasteiger partial charge in [0.15, 0.2) is 0 Å². The molecule has 0 saturated carbocycles. The predicted molar refractivity (Wildman–Crippen MR) is 86.8 cm³/mol. The summed E-state index contributed by atoms with van der Waals surface area (Å²) in [6.07, 6.45) is 2.24. The summed E-state index contributed by atoms with van der Waals surface area (Å²) in [6, 6.07) is 5.20. The highest BCUT2D eigenvalue weighted by Crippen LogP contribution is 2.29. The molecule has 0 bridgehead atoms. The molecule has 118 valence electrons. The molecule has 0 radical (unpaired) electrons. The second-order valence-electron chi connectivity index (χ2n) is 4.96. The topological polar surface area (TPSA) is 82.2 Å². The van der Waals surface area contributed by atoms with Gasteiger partial charge < -0.3 is 15.4 Å². The van der Waals surface area contributed by atoms with Crippen molar-refractivity contribution < 1.29 is 14.7 Å². The molecule has 1 aromatic heterocycles. The normalized spacial score (nSPS) is 10.8. The van der Waals surface area contributed by atoms with Gasteiger partial charge in [0.1, 0.15) is 5.69 Å². The quantitative estimate of drug-likeness (QED) is 0.668. The highest BCUT2D eigenvalue weighted by Gasteiger charge is 2.16. The molecule has 0 fully saturated rings. The first-order valence-corrected chi connectivity index (χ1v) is 7.71. The number of unbranched alkanes of at least 4 members (excludes halogenated alkanes) is 2. The lowest BCUT2D eigenvalue weighted by molar-refractivity contribution is -0.137. The molecule has 0 aliphatic heterocycles. The summed E-state index contributed by atoms with van der Waals surface area (Å²) in [4.78, 5) is 25.5. The Balaban J connectivity index is 1.90. The zero-order chi connectivity index (χ0) is 16.1. The number of hydrogen-bond donors (Lipinski definition) is 3. The monoisotopic (exact) mass is 342 g/mol. The first kappa shape index (κ1) is 16.6. The third-order valence-corrected chi connectivity index (χ3v) is 3.90. The SMILES string of the molecule is O=C(O)CCCCCNC(=O)c1[nH]c2ccc(Cl)cc2c1Cl. The van der Waals surface area contributed by atoms with E-state index in [4.69, 9.17) is 28.3 Å². The van der Waals surface area contributed by atoms with E-state index in [2.05, 4.69) is 10.3 Å². The van der Waals surface area contributed by atoms with Gasteiger partial charge in [-0.25, -0.2) is 0 Å². The van der Waals surface area contributed by atoms with Crippen LogP contribution in [0.1, 0.15) is 36.2 Å². The van der Waals surface area contributed by atoms with Crippen molar-refractivity contribution in [3.8, 4) is 0 Å². The van der Waals surface area contributed by atoms with Gasteiger partial charge in [0.25, 0.3) is 5.91 Å². The largest absolute Gasteiger partial charge is 0.481 e. The molecule has 2 rings (SSSR count). The van der Waals surface area contributed by atoms with Crippen LogP contribution in [0.3, 0.4) is 0 Å². The minimum Gasteiger partial charge on any atom is -0.481 e. The lowest BCUT2D eigenvalue weighted by Gasteiger charge is -2.03. The maximum absolute atomic E-state index is 12.1. The molecule has 1 heterocycles. The number of carbonyl (C=O) groups excluding carboxylic acids is 1. The van der Waals surface area contributed by atoms with Crippen LogP contribution in [0.2, 0.25) is 10.0 Å². The Morgan fingerprint density at radius 1 is 1.18 bits per heavy atom. The molecule has 0 spiro atoms. The molecule has 0 aliphatic carbocycles. The number of carboxylic acids is 1. The van der Waals surface area contributed by atoms with Crippen molar-refractivity contribution in [3.05, 3.63) is 33.9 Å². The zero-order valence-corrected chi connectivity index (χ0v) is 13.3. The number of carbonyl (C=O) groups is 2. The van der Waals surface area contributed by atoms with Gasteiger partial charge >= 0.3 is 5.97 Å². The minimum atomic E-state index is -0.799. The van der Waals surface area contributed by atoms with Gasteiger partial charge in [-0.1, -0.05) is 29.6 Å². The highest BCUT2D eigenvalue weighted by atomic mass is 35.5. The number of benzene rings is 1. The fraction of sp³-hybridized carbons (Fsp3) is 0.333. The van der Waals surface area contributed by atoms with Gasteiger partial charge in [0.2, 0.25) is 0 Å². The van der Waals surface area contributed by atoms with Crippen molar-refractivity contribution in [2.75, 3.05) is 6.54 Å². The van der Waals surface area contributed by atoms with E-state index in [0.717, 1.165) is 18.4 Å². The molecule has 2 aromatic rings. The standard InChI is InChI=1S/C15H16Cl2N2O3/c16-9-5-6-11-10(8-9)13(17)14(19-11)15(22)18-7-3-1-2-4-12(20)21/h5-6,8,19H,1-4,7H2,(H,18,22)(H,20,21). The summed E-state index contributed by atoms with van der Waals surface area (Å²) in [5.74, 6) is -1.08. The molecule has 7 heteroatoms. The summed E-state index contributed by atoms with van der Waals surface area (Å²) in [5, 5.41) is 12.9. The average Bonchev–Trinajstić information content (AvgIpc) is 2.79. The number of nitrogens with one attached hydrogen (secondary N) is 2. The maximum atomic E-state index is 12.1. The molecular weight excluding hydrogens is 327 g/mol. The fourth-order valence-corrected chi connectivity index (χ4v) is 2.62. The summed E-state index contributed by atoms with van der Waals surface area (Å²) in [6.45, 7) is 0.477. The van der Waals surface area contributed by atoms with E-state index in [1.165, 1.54) is 0 Å². The maximum Gasteiger partial charge on any atom is 0.303 e. The summed E-state index contributed by atoms with van der Waals surface area (Å²) in [7, 11) is 0. The lowest BCUT2D eigenvalue weighted by Crippen LogP contribution is -2.25. The number of fused-ring (bicyclic) bond motifs is 1. The number of halogens is 2. The van der Waals surface area contributed by atoms with E-state index in [-0.39, 0.29) is 12.3 Å². The van der Waals surface area contributed by atoms with Crippen LogP contribution in [0.15, 0.2) is 18.2 Å². The van der Waals surface area contributed by atoms with Gasteiger partial charge in [-0.15, -0.1) is 0 Å². The first-order chi connectivity index (χ1) is 10.5. The molecule has 0 saturated heterocycles. The number of aromatic nitrogens is 1. The average molecular weight is 343 g/mol. The van der Waals surface area contributed by atoms with Gasteiger partial charge in [-0.05, 0) is 31.0 Å². The summed E-state index contributed by atoms with van der Waals surface area (Å²) >= 11 is 12.1. The molecule has 3 N–H and O–H groups in total. The summed E-state index contributed by atoms with van der Waals surface area (Å²) < 4.78 is 0. The van der Waals surface area contributed by atoms with Gasteiger partial charge in [0.05, 0.1) is 5.02 Å². The van der Waals surface area contributed by atoms with Crippen molar-refractivity contribution in [2.45, 2.75) is 25.7 Å². The zero-order valence-electron chi connectivity index (χ0n) is 11.8. The van der Waals surface area contributed by atoms with Crippen molar-refractivity contribution in [1.82, 2.24) is 10.3 Å². The smallest absolute Gasteiger partial charge is 0.303 e. The third-order valence-electron chi connectivity index (χ3n) is 3.28. The highest BCUT2D eigenvalue weighted by molar-refractivity contribution is 6.39. The Bertz CT molecular complexity index is 697. The summed E-state index contributed by atoms with van der Waals surface area (Å²) in [5.41, 5.74) is 1.06. The first-order valence-electron chi connectivity index (χ1n) is 6.95. The second-order valence-corrected chi connectivity index (χ2v) is 5.78. The van der Waals surface area contributed by atoms with Crippen molar-refractivity contribution in [3.63, 3.8) is 0 Å². The second kappa shape index (κ2) is 7.51. The van der Waals surface area contributed by atoms with E-state index >= 15 is 0 Å². The molecule has 1 amide bonds. The third kappa shape index (κ3) is 4.15. The van der Waals surface area contributed by atoms with Crippen LogP contribution in [-0.4, -0.2) is 28.5 Å². The van der Waals surface area contributed by atoms with E-state index in [1.807, 2.05) is 0 Å². The Morgan fingerprint density at radius 2 is 1.95 bits per heavy atom. The van der Waals surface area contributed by atoms with Crippen LogP contribution in [0, 0.1) is 0 Å². The molecule has 5 nitrogen and oxygen atoms in total. The fourth-order valence-electron chi connectivity index (χ4n) is 2.16. The molecule has 0 aliphatic rings. The lowest BCUT2D eigenvalue weighted by atomic mass is 10.2. The Labute approximate surface area is 137 Å². The predicted octanol–water partition coefficient (Wildman–Crippen LogP) is 3.85. The van der Waals surface area contributed by atoms with Crippen LogP contribution in [0.25, 0.3) is 10.9 Å². The number of rotatable bonds is 7. The van der Waals surface area contributed by atoms with Crippen molar-refractivity contribution in [1.29, 1.82) is 0 Å². The Hall–Kier alpha value is -1.72. The molecule has 0 atom stereocenters. The number of aliphatic carboxylic acids is 1. The number of hydrogen-bond acceptors (Lipinski definition) is 2. The molecule has 0 unspecified atom stereocenters. The van der Waals surface area contributed by atoms with Crippen molar-refractivity contribution in [2.24, 2.45) is 0 Å². The van der Waals surface area contributed by atoms with Crippen LogP contribution < -0.4 is 5.32 Å². The van der Waals surface area contributed by atoms with E-state index in [9.17, 15) is 9.59 Å². The van der Waals surface area contributed by atoms with Crippen LogP contribution in [-0.2, 0) is 4.79 Å². The number of H-pyrrole nitrogens is 1. The molecular formula is C15H16Cl2N2O3. The Morgan fingerprint density at radius 3 is 2.68 bits per heavy atom. The van der Waals surface area contributed by atoms with Gasteiger partial charge in [0, 0.05) is 28.9 Å². The van der Waals surface area contributed by atoms with Gasteiger partial charge in [-0.2, -0.15) is 0 Å². The van der Waals surface area contributed by atoms with E-state index < -0.39 is 5.97 Å².